The molecule has 0 aliphatic heterocycles. The van der Waals surface area contributed by atoms with Crippen LogP contribution in [0.5, 0.6) is 5.75 Å². The van der Waals surface area contributed by atoms with Gasteiger partial charge in [0.15, 0.2) is 0 Å². The maximum Gasteiger partial charge on any atom is 0.338 e. The van der Waals surface area contributed by atoms with Crippen molar-refractivity contribution >= 4 is 11.5 Å². The summed E-state index contributed by atoms with van der Waals surface area (Å²) in [4.78, 5) is 11.8. The number of carbonyl (C=O) groups excluding carboxylic acids is 1. The van der Waals surface area contributed by atoms with E-state index in [1.807, 2.05) is 38.1 Å². The molecule has 0 saturated heterocycles. The Kier molecular flexibility index (Phi) is 4.76. The largest absolute Gasteiger partial charge is 0.497 e. The summed E-state index contributed by atoms with van der Waals surface area (Å²) in [5.41, 5.74) is 2.41. The Morgan fingerprint density at radius 3 is 2.18 bits per heavy atom. The second kappa shape index (κ2) is 6.09. The molecule has 3 nitrogen and oxygen atoms in total. The molecule has 0 fully saturated rings. The number of benzene rings is 1. The zero-order chi connectivity index (χ0) is 12.8. The number of ether oxygens (including phenoxy) is 2. The molecule has 0 aromatic heterocycles. The average molecular weight is 234 g/mol. The zero-order valence-electron chi connectivity index (χ0n) is 10.7. The lowest BCUT2D eigenvalue weighted by atomic mass is 10.0. The third kappa shape index (κ3) is 3.34. The Labute approximate surface area is 102 Å². The third-order valence-electron chi connectivity index (χ3n) is 2.36. The molecule has 17 heavy (non-hydrogen) atoms. The van der Waals surface area contributed by atoms with Crippen molar-refractivity contribution in [2.24, 2.45) is 0 Å². The molecule has 0 aliphatic carbocycles. The summed E-state index contributed by atoms with van der Waals surface area (Å²) >= 11 is 0. The molecule has 3 heteroatoms. The van der Waals surface area contributed by atoms with Crippen LogP contribution in [0.15, 0.2) is 29.8 Å². The van der Waals surface area contributed by atoms with Gasteiger partial charge in [0.25, 0.3) is 0 Å². The van der Waals surface area contributed by atoms with Crippen LogP contribution >= 0.6 is 0 Å². The molecular formula is C14H18O3. The minimum atomic E-state index is -0.280. The van der Waals surface area contributed by atoms with Gasteiger partial charge in [-0.3, -0.25) is 0 Å². The van der Waals surface area contributed by atoms with E-state index in [2.05, 4.69) is 0 Å². The number of methoxy groups -OCH3 is 1. The Morgan fingerprint density at radius 2 is 1.76 bits per heavy atom. The van der Waals surface area contributed by atoms with Gasteiger partial charge < -0.3 is 9.47 Å². The minimum Gasteiger partial charge on any atom is -0.497 e. The summed E-state index contributed by atoms with van der Waals surface area (Å²) in [6.45, 7) is 5.98. The maximum atomic E-state index is 11.8. The normalized spacial score (nSPS) is 9.65. The molecule has 0 heterocycles. The second-order valence-electron chi connectivity index (χ2n) is 3.82. The Bertz CT molecular complexity index is 412. The van der Waals surface area contributed by atoms with E-state index in [1.54, 1.807) is 14.0 Å². The standard InChI is InChI=1S/C14H18O3/c1-5-17-14(15)13(10(2)3)11-6-8-12(16-4)9-7-11/h6-9H,5H2,1-4H3. The average Bonchev–Trinajstić information content (AvgIpc) is 2.30. The quantitative estimate of drug-likeness (QED) is 0.593. The van der Waals surface area contributed by atoms with E-state index in [4.69, 9.17) is 9.47 Å². The molecule has 0 N–H and O–H groups in total. The summed E-state index contributed by atoms with van der Waals surface area (Å²) in [5.74, 6) is 0.489. The van der Waals surface area contributed by atoms with Crippen LogP contribution in [-0.4, -0.2) is 19.7 Å². The minimum absolute atomic E-state index is 0.280. The zero-order valence-corrected chi connectivity index (χ0v) is 10.7. The lowest BCUT2D eigenvalue weighted by Gasteiger charge is -2.10. The lowest BCUT2D eigenvalue weighted by Crippen LogP contribution is -2.08. The molecule has 0 aliphatic rings. The van der Waals surface area contributed by atoms with Gasteiger partial charge in [0.05, 0.1) is 19.3 Å². The third-order valence-corrected chi connectivity index (χ3v) is 2.36. The first-order valence-corrected chi connectivity index (χ1v) is 5.59. The van der Waals surface area contributed by atoms with Gasteiger partial charge in [0.2, 0.25) is 0 Å². The molecule has 0 saturated carbocycles. The van der Waals surface area contributed by atoms with Crippen LogP contribution in [0.25, 0.3) is 5.57 Å². The summed E-state index contributed by atoms with van der Waals surface area (Å²) < 4.78 is 10.1. The van der Waals surface area contributed by atoms with Crippen molar-refractivity contribution in [3.63, 3.8) is 0 Å². The van der Waals surface area contributed by atoms with Gasteiger partial charge in [-0.05, 0) is 38.5 Å². The van der Waals surface area contributed by atoms with Crippen molar-refractivity contribution in [2.75, 3.05) is 13.7 Å². The highest BCUT2D eigenvalue weighted by Crippen LogP contribution is 2.22. The highest BCUT2D eigenvalue weighted by atomic mass is 16.5. The van der Waals surface area contributed by atoms with Crippen molar-refractivity contribution in [3.05, 3.63) is 35.4 Å². The summed E-state index contributed by atoms with van der Waals surface area (Å²) in [7, 11) is 1.61. The van der Waals surface area contributed by atoms with E-state index < -0.39 is 0 Å². The Hall–Kier alpha value is -1.77. The molecule has 0 radical (unpaired) electrons. The van der Waals surface area contributed by atoms with Gasteiger partial charge in [-0.25, -0.2) is 4.79 Å². The number of hydrogen-bond acceptors (Lipinski definition) is 3. The van der Waals surface area contributed by atoms with Crippen LogP contribution in [0.3, 0.4) is 0 Å². The van der Waals surface area contributed by atoms with Gasteiger partial charge in [0, 0.05) is 0 Å². The number of carbonyl (C=O) groups is 1. The first kappa shape index (κ1) is 13.3. The molecule has 0 bridgehead atoms. The Balaban J connectivity index is 3.07. The predicted octanol–water partition coefficient (Wildman–Crippen LogP) is 3.05. The monoisotopic (exact) mass is 234 g/mol. The van der Waals surface area contributed by atoms with Crippen molar-refractivity contribution in [2.45, 2.75) is 20.8 Å². The van der Waals surface area contributed by atoms with Crippen LogP contribution in [0.2, 0.25) is 0 Å². The molecular weight excluding hydrogens is 216 g/mol. The highest BCUT2D eigenvalue weighted by Gasteiger charge is 2.14. The van der Waals surface area contributed by atoms with Crippen LogP contribution < -0.4 is 4.74 Å². The molecule has 1 aromatic rings. The molecule has 1 aromatic carbocycles. The van der Waals surface area contributed by atoms with E-state index in [0.29, 0.717) is 12.2 Å². The Morgan fingerprint density at radius 1 is 1.18 bits per heavy atom. The number of hydrogen-bond donors (Lipinski definition) is 0. The fraction of sp³-hybridized carbons (Fsp3) is 0.357. The summed E-state index contributed by atoms with van der Waals surface area (Å²) in [6.07, 6.45) is 0. The van der Waals surface area contributed by atoms with E-state index in [1.165, 1.54) is 0 Å². The molecule has 0 unspecified atom stereocenters. The SMILES string of the molecule is CCOC(=O)C(=C(C)C)c1ccc(OC)cc1. The van der Waals surface area contributed by atoms with Crippen LogP contribution in [0, 0.1) is 0 Å². The molecule has 1 rings (SSSR count). The van der Waals surface area contributed by atoms with E-state index >= 15 is 0 Å². The van der Waals surface area contributed by atoms with E-state index in [9.17, 15) is 4.79 Å². The van der Waals surface area contributed by atoms with Gasteiger partial charge in [0.1, 0.15) is 5.75 Å². The van der Waals surface area contributed by atoms with Crippen LogP contribution in [0.1, 0.15) is 26.3 Å². The first-order valence-electron chi connectivity index (χ1n) is 5.59. The smallest absolute Gasteiger partial charge is 0.338 e. The number of allylic oxidation sites excluding steroid dienone is 1. The van der Waals surface area contributed by atoms with E-state index in [-0.39, 0.29) is 5.97 Å². The van der Waals surface area contributed by atoms with Crippen molar-refractivity contribution in [1.29, 1.82) is 0 Å². The van der Waals surface area contributed by atoms with Crippen LogP contribution in [-0.2, 0) is 9.53 Å². The van der Waals surface area contributed by atoms with Crippen molar-refractivity contribution in [1.82, 2.24) is 0 Å². The lowest BCUT2D eigenvalue weighted by molar-refractivity contribution is -0.136. The maximum absolute atomic E-state index is 11.8. The fourth-order valence-electron chi connectivity index (χ4n) is 1.57. The summed E-state index contributed by atoms with van der Waals surface area (Å²) in [5, 5.41) is 0. The fourth-order valence-corrected chi connectivity index (χ4v) is 1.57. The van der Waals surface area contributed by atoms with Gasteiger partial charge >= 0.3 is 5.97 Å². The first-order chi connectivity index (χ1) is 8.10. The van der Waals surface area contributed by atoms with Crippen molar-refractivity contribution in [3.8, 4) is 5.75 Å². The van der Waals surface area contributed by atoms with Gasteiger partial charge in [-0.2, -0.15) is 0 Å². The number of esters is 1. The van der Waals surface area contributed by atoms with E-state index in [0.717, 1.165) is 16.9 Å². The molecule has 92 valence electrons. The predicted molar refractivity (Wildman–Crippen MR) is 67.9 cm³/mol. The summed E-state index contributed by atoms with van der Waals surface area (Å²) in [6, 6.07) is 7.38. The number of rotatable bonds is 4. The van der Waals surface area contributed by atoms with Crippen LogP contribution in [0.4, 0.5) is 0 Å². The highest BCUT2D eigenvalue weighted by molar-refractivity contribution is 6.17. The molecule has 0 atom stereocenters. The molecule has 0 amide bonds. The van der Waals surface area contributed by atoms with Gasteiger partial charge in [-0.1, -0.05) is 17.7 Å². The van der Waals surface area contributed by atoms with Gasteiger partial charge in [-0.15, -0.1) is 0 Å². The topological polar surface area (TPSA) is 35.5 Å². The second-order valence-corrected chi connectivity index (χ2v) is 3.82. The molecule has 0 spiro atoms. The van der Waals surface area contributed by atoms with Crippen molar-refractivity contribution < 1.29 is 14.3 Å².